The molecule has 5 nitrogen and oxygen atoms in total. The SMILES string of the molecule is CSCCCC(=O)c1cc(C(=O)NCCSC)cc(C(=O)NCCSC)c1. The van der Waals surface area contributed by atoms with Crippen LogP contribution in [0.2, 0.25) is 0 Å². The van der Waals surface area contributed by atoms with Gasteiger partial charge in [0.1, 0.15) is 0 Å². The third-order valence-corrected chi connectivity index (χ3v) is 5.64. The zero-order valence-electron chi connectivity index (χ0n) is 16.1. The average Bonchev–Trinajstić information content (AvgIpc) is 2.67. The smallest absolute Gasteiger partial charge is 0.251 e. The number of carbonyl (C=O) groups excluding carboxylic acids is 3. The number of nitrogens with one attached hydrogen (secondary N) is 2. The van der Waals surface area contributed by atoms with E-state index in [0.29, 0.717) is 36.2 Å². The van der Waals surface area contributed by atoms with Crippen LogP contribution in [-0.4, -0.2) is 66.7 Å². The van der Waals surface area contributed by atoms with Crippen molar-refractivity contribution in [2.24, 2.45) is 0 Å². The van der Waals surface area contributed by atoms with Crippen LogP contribution in [0.5, 0.6) is 0 Å². The molecule has 0 aliphatic rings. The van der Waals surface area contributed by atoms with Gasteiger partial charge in [-0.2, -0.15) is 35.3 Å². The molecule has 1 aromatic rings. The average molecular weight is 429 g/mol. The lowest BCUT2D eigenvalue weighted by Crippen LogP contribution is -2.28. The van der Waals surface area contributed by atoms with Gasteiger partial charge in [0.05, 0.1) is 0 Å². The van der Waals surface area contributed by atoms with Gasteiger partial charge >= 0.3 is 0 Å². The van der Waals surface area contributed by atoms with Crippen LogP contribution in [0, 0.1) is 0 Å². The Balaban J connectivity index is 3.01. The summed E-state index contributed by atoms with van der Waals surface area (Å²) in [6, 6.07) is 4.74. The number of carbonyl (C=O) groups is 3. The molecule has 1 rings (SSSR count). The summed E-state index contributed by atoms with van der Waals surface area (Å²) in [6.07, 6.45) is 7.13. The van der Waals surface area contributed by atoms with Crippen molar-refractivity contribution in [1.82, 2.24) is 10.6 Å². The normalized spacial score (nSPS) is 10.5. The van der Waals surface area contributed by atoms with E-state index in [-0.39, 0.29) is 17.6 Å². The Labute approximate surface area is 174 Å². The van der Waals surface area contributed by atoms with Crippen molar-refractivity contribution in [1.29, 1.82) is 0 Å². The molecule has 0 fully saturated rings. The van der Waals surface area contributed by atoms with Crippen LogP contribution < -0.4 is 10.6 Å². The number of ketones is 1. The fraction of sp³-hybridized carbons (Fsp3) is 0.526. The second-order valence-corrected chi connectivity index (χ2v) is 8.77. The Hall–Kier alpha value is -1.12. The first-order valence-electron chi connectivity index (χ1n) is 8.75. The van der Waals surface area contributed by atoms with Gasteiger partial charge in [0.15, 0.2) is 5.78 Å². The van der Waals surface area contributed by atoms with Gasteiger partial charge in [-0.3, -0.25) is 14.4 Å². The highest BCUT2D eigenvalue weighted by Gasteiger charge is 2.16. The quantitative estimate of drug-likeness (QED) is 0.371. The Morgan fingerprint density at radius 3 is 1.63 bits per heavy atom. The van der Waals surface area contributed by atoms with Crippen LogP contribution in [0.4, 0.5) is 0 Å². The van der Waals surface area contributed by atoms with Crippen molar-refractivity contribution < 1.29 is 14.4 Å². The van der Waals surface area contributed by atoms with Gasteiger partial charge in [-0.1, -0.05) is 0 Å². The summed E-state index contributed by atoms with van der Waals surface area (Å²) in [6.45, 7) is 1.09. The molecule has 0 bridgehead atoms. The molecule has 0 heterocycles. The third kappa shape index (κ3) is 9.08. The van der Waals surface area contributed by atoms with E-state index in [9.17, 15) is 14.4 Å². The fourth-order valence-corrected chi connectivity index (χ4v) is 3.35. The summed E-state index contributed by atoms with van der Waals surface area (Å²) in [5.41, 5.74) is 1.12. The fourth-order valence-electron chi connectivity index (χ4n) is 2.31. The minimum Gasteiger partial charge on any atom is -0.351 e. The highest BCUT2D eigenvalue weighted by Crippen LogP contribution is 2.15. The lowest BCUT2D eigenvalue weighted by atomic mass is 9.99. The van der Waals surface area contributed by atoms with E-state index in [1.54, 1.807) is 53.5 Å². The van der Waals surface area contributed by atoms with Gasteiger partial charge in [0, 0.05) is 47.7 Å². The standard InChI is InChI=1S/C19H28N2O3S3/c1-25-8-4-5-17(22)14-11-15(18(23)20-6-9-26-2)13-16(12-14)19(24)21-7-10-27-3/h11-13H,4-10H2,1-3H3,(H,20,23)(H,21,24). The summed E-state index contributed by atoms with van der Waals surface area (Å²) in [5.74, 6) is 1.95. The first-order valence-corrected chi connectivity index (χ1v) is 12.9. The molecule has 1 aromatic carbocycles. The van der Waals surface area contributed by atoms with E-state index < -0.39 is 0 Å². The van der Waals surface area contributed by atoms with Crippen molar-refractivity contribution in [3.8, 4) is 0 Å². The molecule has 2 N–H and O–H groups in total. The zero-order valence-corrected chi connectivity index (χ0v) is 18.6. The second-order valence-electron chi connectivity index (χ2n) is 5.82. The van der Waals surface area contributed by atoms with Gasteiger partial charge in [0.25, 0.3) is 11.8 Å². The Kier molecular flexibility index (Phi) is 12.4. The maximum absolute atomic E-state index is 12.5. The molecule has 0 atom stereocenters. The number of hydrogen-bond acceptors (Lipinski definition) is 6. The Morgan fingerprint density at radius 1 is 0.741 bits per heavy atom. The summed E-state index contributed by atoms with van der Waals surface area (Å²) >= 11 is 4.97. The Morgan fingerprint density at radius 2 is 1.19 bits per heavy atom. The number of hydrogen-bond donors (Lipinski definition) is 2. The maximum atomic E-state index is 12.5. The molecule has 0 aliphatic carbocycles. The van der Waals surface area contributed by atoms with Gasteiger partial charge < -0.3 is 10.6 Å². The van der Waals surface area contributed by atoms with Crippen LogP contribution in [0.3, 0.4) is 0 Å². The molecule has 0 saturated carbocycles. The van der Waals surface area contributed by atoms with E-state index >= 15 is 0 Å². The molecule has 8 heteroatoms. The predicted molar refractivity (Wildman–Crippen MR) is 120 cm³/mol. The first-order chi connectivity index (χ1) is 13.0. The van der Waals surface area contributed by atoms with E-state index in [0.717, 1.165) is 23.7 Å². The summed E-state index contributed by atoms with van der Waals surface area (Å²) in [4.78, 5) is 37.4. The number of thioether (sulfide) groups is 3. The predicted octanol–water partition coefficient (Wildman–Crippen LogP) is 3.20. The molecule has 0 aromatic heterocycles. The van der Waals surface area contributed by atoms with Crippen molar-refractivity contribution >= 4 is 52.9 Å². The monoisotopic (exact) mass is 428 g/mol. The summed E-state index contributed by atoms with van der Waals surface area (Å²) in [7, 11) is 0. The van der Waals surface area contributed by atoms with Gasteiger partial charge in [0.2, 0.25) is 0 Å². The van der Waals surface area contributed by atoms with Crippen molar-refractivity contribution in [2.45, 2.75) is 12.8 Å². The molecule has 0 unspecified atom stereocenters. The van der Waals surface area contributed by atoms with Crippen LogP contribution in [0.25, 0.3) is 0 Å². The highest BCUT2D eigenvalue weighted by atomic mass is 32.2. The van der Waals surface area contributed by atoms with Crippen LogP contribution >= 0.6 is 35.3 Å². The highest BCUT2D eigenvalue weighted by molar-refractivity contribution is 7.99. The van der Waals surface area contributed by atoms with Crippen molar-refractivity contribution in [2.75, 3.05) is 49.1 Å². The topological polar surface area (TPSA) is 75.3 Å². The molecule has 27 heavy (non-hydrogen) atoms. The summed E-state index contributed by atoms with van der Waals surface area (Å²) < 4.78 is 0. The largest absolute Gasteiger partial charge is 0.351 e. The Bertz CT molecular complexity index is 541. The number of Topliss-reactive ketones (excluding diaryl/α,β-unsaturated/α-hetero) is 1. The van der Waals surface area contributed by atoms with E-state index in [1.807, 2.05) is 18.8 Å². The lowest BCUT2D eigenvalue weighted by molar-refractivity contribution is 0.0955. The number of benzene rings is 1. The van der Waals surface area contributed by atoms with Crippen LogP contribution in [0.1, 0.15) is 43.9 Å². The molecule has 150 valence electrons. The molecular formula is C19H28N2O3S3. The van der Waals surface area contributed by atoms with Gasteiger partial charge in [-0.15, -0.1) is 0 Å². The van der Waals surface area contributed by atoms with E-state index in [2.05, 4.69) is 10.6 Å². The molecule has 0 radical (unpaired) electrons. The molecule has 0 saturated heterocycles. The molecule has 0 aliphatic heterocycles. The minimum atomic E-state index is -0.263. The van der Waals surface area contributed by atoms with Gasteiger partial charge in [-0.05, 0) is 49.1 Å². The van der Waals surface area contributed by atoms with Crippen LogP contribution in [0.15, 0.2) is 18.2 Å². The molecule has 0 spiro atoms. The van der Waals surface area contributed by atoms with Crippen molar-refractivity contribution in [3.63, 3.8) is 0 Å². The number of amides is 2. The van der Waals surface area contributed by atoms with E-state index in [4.69, 9.17) is 0 Å². The second kappa shape index (κ2) is 14.0. The van der Waals surface area contributed by atoms with E-state index in [1.165, 1.54) is 0 Å². The first kappa shape index (κ1) is 23.9. The van der Waals surface area contributed by atoms with Crippen LogP contribution in [-0.2, 0) is 0 Å². The molecular weight excluding hydrogens is 400 g/mol. The van der Waals surface area contributed by atoms with Gasteiger partial charge in [-0.25, -0.2) is 0 Å². The van der Waals surface area contributed by atoms with Crippen molar-refractivity contribution in [3.05, 3.63) is 34.9 Å². The maximum Gasteiger partial charge on any atom is 0.251 e. The zero-order chi connectivity index (χ0) is 20.1. The summed E-state index contributed by atoms with van der Waals surface area (Å²) in [5, 5.41) is 5.65. The third-order valence-electron chi connectivity index (χ3n) is 3.72. The lowest BCUT2D eigenvalue weighted by Gasteiger charge is -2.10. The number of rotatable bonds is 13. The molecule has 2 amide bonds. The minimum absolute atomic E-state index is 0.0408.